The van der Waals surface area contributed by atoms with Gasteiger partial charge in [-0.3, -0.25) is 10.4 Å². The van der Waals surface area contributed by atoms with Crippen molar-refractivity contribution in [3.05, 3.63) is 35.0 Å². The average Bonchev–Trinajstić information content (AvgIpc) is 3.03. The van der Waals surface area contributed by atoms with Crippen LogP contribution in [0.1, 0.15) is 24.5 Å². The Bertz CT molecular complexity index is 752. The second kappa shape index (κ2) is 7.52. The SMILES string of the molecule is C[C@H](CS(=O)(=O)N(C)C(=N)N)C1CC(c2cncc(CF)c2)=CS1. The second-order valence-electron chi connectivity index (χ2n) is 5.85. The lowest BCUT2D eigenvalue weighted by molar-refractivity contribution is 0.484. The van der Waals surface area contributed by atoms with Gasteiger partial charge in [-0.25, -0.2) is 17.1 Å². The van der Waals surface area contributed by atoms with Gasteiger partial charge in [-0.2, -0.15) is 0 Å². The number of aromatic nitrogens is 1. The molecule has 0 amide bonds. The molecule has 2 heterocycles. The summed E-state index contributed by atoms with van der Waals surface area (Å²) in [5.41, 5.74) is 7.69. The van der Waals surface area contributed by atoms with Crippen molar-refractivity contribution in [3.8, 4) is 0 Å². The molecule has 2 atom stereocenters. The van der Waals surface area contributed by atoms with Crippen molar-refractivity contribution in [2.45, 2.75) is 25.3 Å². The number of thioether (sulfide) groups is 1. The largest absolute Gasteiger partial charge is 0.369 e. The summed E-state index contributed by atoms with van der Waals surface area (Å²) in [6, 6.07) is 1.77. The Morgan fingerprint density at radius 1 is 1.58 bits per heavy atom. The average molecular weight is 372 g/mol. The molecule has 0 aliphatic carbocycles. The molecular formula is C15H21FN4O2S2. The molecule has 2 rings (SSSR count). The van der Waals surface area contributed by atoms with E-state index < -0.39 is 22.7 Å². The number of guanidine groups is 1. The summed E-state index contributed by atoms with van der Waals surface area (Å²) in [6.07, 6.45) is 3.89. The van der Waals surface area contributed by atoms with Crippen molar-refractivity contribution in [1.82, 2.24) is 9.29 Å². The number of sulfonamides is 1. The number of rotatable bonds is 6. The fourth-order valence-electron chi connectivity index (χ4n) is 2.44. The number of allylic oxidation sites excluding steroid dienone is 1. The number of halogens is 1. The van der Waals surface area contributed by atoms with Crippen molar-refractivity contribution in [2.24, 2.45) is 11.7 Å². The van der Waals surface area contributed by atoms with Gasteiger partial charge < -0.3 is 5.73 Å². The predicted molar refractivity (Wildman–Crippen MR) is 95.6 cm³/mol. The van der Waals surface area contributed by atoms with E-state index in [0.29, 0.717) is 12.0 Å². The molecule has 132 valence electrons. The summed E-state index contributed by atoms with van der Waals surface area (Å²) in [4.78, 5) is 4.04. The number of nitrogens with two attached hydrogens (primary N) is 1. The molecule has 0 radical (unpaired) electrons. The normalized spacial score (nSPS) is 19.0. The standard InChI is InChI=1S/C15H21FN4O2S2/c1-10(9-24(21,22)20(2)15(17)18)14-4-13(8-23-14)12-3-11(5-16)6-19-7-12/h3,6-8,10,14H,4-5,9H2,1-2H3,(H3,17,18)/t10-,14?/m1/s1. The minimum atomic E-state index is -3.60. The van der Waals surface area contributed by atoms with Crippen LogP contribution in [0.4, 0.5) is 4.39 Å². The topological polar surface area (TPSA) is 100 Å². The first-order chi connectivity index (χ1) is 11.2. The fraction of sp³-hybridized carbons (Fsp3) is 0.467. The lowest BCUT2D eigenvalue weighted by atomic mass is 9.98. The number of hydrogen-bond donors (Lipinski definition) is 2. The second-order valence-corrected chi connectivity index (χ2v) is 9.00. The molecular weight excluding hydrogens is 351 g/mol. The number of pyridine rings is 1. The van der Waals surface area contributed by atoms with Crippen molar-refractivity contribution in [3.63, 3.8) is 0 Å². The van der Waals surface area contributed by atoms with E-state index in [9.17, 15) is 12.8 Å². The third-order valence-corrected chi connectivity index (χ3v) is 7.37. The van der Waals surface area contributed by atoms with Crippen molar-refractivity contribution in [2.75, 3.05) is 12.8 Å². The first kappa shape index (κ1) is 18.7. The molecule has 6 nitrogen and oxygen atoms in total. The molecule has 1 unspecified atom stereocenters. The Morgan fingerprint density at radius 2 is 2.29 bits per heavy atom. The molecule has 3 N–H and O–H groups in total. The zero-order valence-electron chi connectivity index (χ0n) is 13.6. The maximum Gasteiger partial charge on any atom is 0.237 e. The van der Waals surface area contributed by atoms with Crippen LogP contribution in [-0.4, -0.2) is 41.7 Å². The molecule has 0 spiro atoms. The Morgan fingerprint density at radius 3 is 2.92 bits per heavy atom. The predicted octanol–water partition coefficient (Wildman–Crippen LogP) is 2.19. The Balaban J connectivity index is 2.02. The first-order valence-electron chi connectivity index (χ1n) is 7.40. The maximum atomic E-state index is 12.8. The highest BCUT2D eigenvalue weighted by Crippen LogP contribution is 2.40. The van der Waals surface area contributed by atoms with E-state index in [4.69, 9.17) is 11.1 Å². The van der Waals surface area contributed by atoms with Gasteiger partial charge in [0.05, 0.1) is 5.75 Å². The fourth-order valence-corrected chi connectivity index (χ4v) is 5.19. The van der Waals surface area contributed by atoms with Gasteiger partial charge in [0.15, 0.2) is 0 Å². The van der Waals surface area contributed by atoms with E-state index in [1.807, 2.05) is 12.3 Å². The van der Waals surface area contributed by atoms with Gasteiger partial charge in [0.25, 0.3) is 0 Å². The van der Waals surface area contributed by atoms with E-state index in [0.717, 1.165) is 15.4 Å². The minimum absolute atomic E-state index is 0.0787. The number of nitrogens with one attached hydrogen (secondary N) is 1. The van der Waals surface area contributed by atoms with Crippen LogP contribution in [0, 0.1) is 11.3 Å². The lowest BCUT2D eigenvalue weighted by Crippen LogP contribution is -2.41. The minimum Gasteiger partial charge on any atom is -0.369 e. The summed E-state index contributed by atoms with van der Waals surface area (Å²) in [5, 5.41) is 9.35. The van der Waals surface area contributed by atoms with Crippen LogP contribution in [-0.2, 0) is 16.7 Å². The lowest BCUT2D eigenvalue weighted by Gasteiger charge is -2.23. The van der Waals surface area contributed by atoms with Gasteiger partial charge in [0.2, 0.25) is 16.0 Å². The molecule has 1 aliphatic heterocycles. The summed E-state index contributed by atoms with van der Waals surface area (Å²) >= 11 is 1.58. The van der Waals surface area contributed by atoms with Crippen molar-refractivity contribution < 1.29 is 12.8 Å². The smallest absolute Gasteiger partial charge is 0.237 e. The van der Waals surface area contributed by atoms with Crippen LogP contribution in [0.2, 0.25) is 0 Å². The summed E-state index contributed by atoms with van der Waals surface area (Å²) in [5.74, 6) is -0.688. The molecule has 0 aromatic carbocycles. The molecule has 0 saturated carbocycles. The number of hydrogen-bond acceptors (Lipinski definition) is 5. The van der Waals surface area contributed by atoms with E-state index in [1.165, 1.54) is 13.2 Å². The van der Waals surface area contributed by atoms with Gasteiger partial charge >= 0.3 is 0 Å². The van der Waals surface area contributed by atoms with E-state index >= 15 is 0 Å². The highest BCUT2D eigenvalue weighted by Gasteiger charge is 2.30. The zero-order chi connectivity index (χ0) is 17.9. The van der Waals surface area contributed by atoms with Crippen LogP contribution >= 0.6 is 11.8 Å². The Labute approximate surface area is 145 Å². The van der Waals surface area contributed by atoms with E-state index in [1.54, 1.807) is 24.0 Å². The van der Waals surface area contributed by atoms with Gasteiger partial charge in [0.1, 0.15) is 6.67 Å². The number of alkyl halides is 1. The summed E-state index contributed by atoms with van der Waals surface area (Å²) in [6.45, 7) is 1.31. The van der Waals surface area contributed by atoms with Crippen LogP contribution in [0.15, 0.2) is 23.9 Å². The zero-order valence-corrected chi connectivity index (χ0v) is 15.2. The molecule has 24 heavy (non-hydrogen) atoms. The summed E-state index contributed by atoms with van der Waals surface area (Å²) in [7, 11) is -2.32. The molecule has 0 saturated heterocycles. The highest BCUT2D eigenvalue weighted by atomic mass is 32.2. The molecule has 0 bridgehead atoms. The first-order valence-corrected chi connectivity index (χ1v) is 9.95. The van der Waals surface area contributed by atoms with Crippen LogP contribution < -0.4 is 5.73 Å². The molecule has 0 fully saturated rings. The molecule has 1 aromatic rings. The van der Waals surface area contributed by atoms with Gasteiger partial charge in [-0.1, -0.05) is 6.92 Å². The Kier molecular flexibility index (Phi) is 5.87. The quantitative estimate of drug-likeness (QED) is 0.589. The van der Waals surface area contributed by atoms with Gasteiger partial charge in [-0.05, 0) is 34.9 Å². The van der Waals surface area contributed by atoms with E-state index in [-0.39, 0.29) is 16.9 Å². The molecule has 1 aromatic heterocycles. The third kappa shape index (κ3) is 4.27. The van der Waals surface area contributed by atoms with Crippen LogP contribution in [0.25, 0.3) is 5.57 Å². The number of nitrogens with zero attached hydrogens (tertiary/aromatic N) is 2. The Hall–Kier alpha value is -1.61. The highest BCUT2D eigenvalue weighted by molar-refractivity contribution is 8.03. The van der Waals surface area contributed by atoms with Crippen molar-refractivity contribution in [1.29, 1.82) is 5.41 Å². The van der Waals surface area contributed by atoms with Crippen LogP contribution in [0.3, 0.4) is 0 Å². The molecule has 1 aliphatic rings. The summed E-state index contributed by atoms with van der Waals surface area (Å²) < 4.78 is 38.0. The van der Waals surface area contributed by atoms with E-state index in [2.05, 4.69) is 4.98 Å². The van der Waals surface area contributed by atoms with Gasteiger partial charge in [-0.15, -0.1) is 11.8 Å². The monoisotopic (exact) mass is 372 g/mol. The molecule has 9 heteroatoms. The van der Waals surface area contributed by atoms with Crippen molar-refractivity contribution >= 4 is 33.3 Å². The van der Waals surface area contributed by atoms with Gasteiger partial charge in [0, 0.05) is 30.3 Å². The third-order valence-electron chi connectivity index (χ3n) is 3.99. The maximum absolute atomic E-state index is 12.8. The van der Waals surface area contributed by atoms with Crippen LogP contribution in [0.5, 0.6) is 0 Å².